The van der Waals surface area contributed by atoms with Gasteiger partial charge in [-0.15, -0.1) is 0 Å². The summed E-state index contributed by atoms with van der Waals surface area (Å²) in [5, 5.41) is 10.2. The van der Waals surface area contributed by atoms with E-state index in [-0.39, 0.29) is 5.78 Å². The van der Waals surface area contributed by atoms with Crippen LogP contribution in [-0.2, 0) is 15.6 Å². The molecule has 0 heterocycles. The Morgan fingerprint density at radius 3 is 1.59 bits per heavy atom. The Labute approximate surface area is 159 Å². The number of hydrogen-bond acceptors (Lipinski definition) is 2. The lowest BCUT2D eigenvalue weighted by Crippen LogP contribution is -2.45. The number of ketones is 1. The summed E-state index contributed by atoms with van der Waals surface area (Å²) >= 11 is 0. The average Bonchev–Trinajstić information content (AvgIpc) is 2.76. The van der Waals surface area contributed by atoms with E-state index in [2.05, 4.69) is 30.3 Å². The first kappa shape index (κ1) is 17.0. The number of carbonyl (C=O) groups is 1. The van der Waals surface area contributed by atoms with Crippen molar-refractivity contribution in [2.75, 3.05) is 0 Å². The summed E-state index contributed by atoms with van der Waals surface area (Å²) in [7, 11) is 0. The number of rotatable bonds is 3. The van der Waals surface area contributed by atoms with E-state index in [9.17, 15) is 10.1 Å². The topological polar surface area (TPSA) is 40.9 Å². The zero-order valence-corrected chi connectivity index (χ0v) is 14.9. The Kier molecular flexibility index (Phi) is 4.22. The zero-order chi connectivity index (χ0) is 18.7. The van der Waals surface area contributed by atoms with Gasteiger partial charge in [0, 0.05) is 5.41 Å². The molecule has 1 aliphatic carbocycles. The van der Waals surface area contributed by atoms with Gasteiger partial charge in [-0.25, -0.2) is 0 Å². The molecule has 4 rings (SSSR count). The summed E-state index contributed by atoms with van der Waals surface area (Å²) in [6.07, 6.45) is 3.95. The van der Waals surface area contributed by atoms with Crippen LogP contribution in [0, 0.1) is 11.3 Å². The van der Waals surface area contributed by atoms with E-state index in [1.807, 2.05) is 72.8 Å². The van der Waals surface area contributed by atoms with Gasteiger partial charge in [0.2, 0.25) is 0 Å². The monoisotopic (exact) mass is 349 g/mol. The van der Waals surface area contributed by atoms with Crippen LogP contribution in [0.15, 0.2) is 103 Å². The lowest BCUT2D eigenvalue weighted by Gasteiger charge is -2.41. The van der Waals surface area contributed by atoms with Crippen molar-refractivity contribution >= 4 is 5.78 Å². The van der Waals surface area contributed by atoms with Crippen molar-refractivity contribution in [3.8, 4) is 6.07 Å². The maximum absolute atomic E-state index is 13.0. The Hall–Kier alpha value is -3.44. The van der Waals surface area contributed by atoms with Crippen LogP contribution < -0.4 is 0 Å². The van der Waals surface area contributed by atoms with Crippen molar-refractivity contribution in [3.63, 3.8) is 0 Å². The molecule has 0 saturated heterocycles. The average molecular weight is 349 g/mol. The summed E-state index contributed by atoms with van der Waals surface area (Å²) in [6.45, 7) is 0. The maximum Gasteiger partial charge on any atom is 0.180 e. The van der Waals surface area contributed by atoms with Crippen LogP contribution in [0.3, 0.4) is 0 Å². The Morgan fingerprint density at radius 1 is 0.704 bits per heavy atom. The summed E-state index contributed by atoms with van der Waals surface area (Å²) in [4.78, 5) is 13.0. The molecule has 0 aliphatic heterocycles. The molecular weight excluding hydrogens is 330 g/mol. The highest BCUT2D eigenvalue weighted by Crippen LogP contribution is 2.48. The standard InChI is InChI=1S/C25H19NO/c26-19-25(22-14-8-3-9-15-22)18-24(17-16-23(25)27,20-10-4-1-5-11-20)21-12-6-2-7-13-21/h1-17H,18H2. The van der Waals surface area contributed by atoms with Gasteiger partial charge >= 0.3 is 0 Å². The summed E-state index contributed by atoms with van der Waals surface area (Å²) in [5.74, 6) is -0.154. The third kappa shape index (κ3) is 2.69. The highest BCUT2D eigenvalue weighted by Gasteiger charge is 2.50. The molecule has 1 atom stereocenters. The van der Waals surface area contributed by atoms with Crippen LogP contribution in [0.4, 0.5) is 0 Å². The van der Waals surface area contributed by atoms with Gasteiger partial charge in [0.15, 0.2) is 5.78 Å². The molecule has 2 nitrogen and oxygen atoms in total. The molecule has 130 valence electrons. The van der Waals surface area contributed by atoms with Crippen molar-refractivity contribution in [2.45, 2.75) is 17.3 Å². The van der Waals surface area contributed by atoms with E-state index >= 15 is 0 Å². The predicted octanol–water partition coefficient (Wildman–Crippen LogP) is 4.96. The van der Waals surface area contributed by atoms with E-state index in [0.29, 0.717) is 6.42 Å². The summed E-state index contributed by atoms with van der Waals surface area (Å²) in [6, 6.07) is 32.0. The van der Waals surface area contributed by atoms with Crippen molar-refractivity contribution in [2.24, 2.45) is 0 Å². The fourth-order valence-electron chi connectivity index (χ4n) is 4.09. The fourth-order valence-corrected chi connectivity index (χ4v) is 4.09. The van der Waals surface area contributed by atoms with E-state index in [1.54, 1.807) is 6.08 Å². The highest BCUT2D eigenvalue weighted by atomic mass is 16.1. The summed E-state index contributed by atoms with van der Waals surface area (Å²) in [5.41, 5.74) is 1.16. The molecule has 2 heteroatoms. The van der Waals surface area contributed by atoms with E-state index < -0.39 is 10.8 Å². The van der Waals surface area contributed by atoms with Crippen molar-refractivity contribution in [3.05, 3.63) is 120 Å². The molecule has 0 amide bonds. The Bertz CT molecular complexity index is 977. The first-order chi connectivity index (χ1) is 13.2. The van der Waals surface area contributed by atoms with Gasteiger partial charge in [-0.3, -0.25) is 4.79 Å². The largest absolute Gasteiger partial charge is 0.293 e. The van der Waals surface area contributed by atoms with Gasteiger partial charge in [-0.1, -0.05) is 97.1 Å². The molecule has 0 aromatic heterocycles. The van der Waals surface area contributed by atoms with Gasteiger partial charge in [0.05, 0.1) is 6.07 Å². The smallest absolute Gasteiger partial charge is 0.180 e. The van der Waals surface area contributed by atoms with E-state index in [1.165, 1.54) is 0 Å². The Morgan fingerprint density at radius 2 is 1.15 bits per heavy atom. The van der Waals surface area contributed by atoms with Crippen LogP contribution >= 0.6 is 0 Å². The molecule has 0 fully saturated rings. The number of allylic oxidation sites excluding steroid dienone is 2. The molecule has 0 N–H and O–H groups in total. The second kappa shape index (κ2) is 6.70. The minimum absolute atomic E-state index is 0.154. The number of nitrogens with zero attached hydrogens (tertiary/aromatic N) is 1. The van der Waals surface area contributed by atoms with E-state index in [0.717, 1.165) is 16.7 Å². The second-order valence-corrected chi connectivity index (χ2v) is 6.96. The quantitative estimate of drug-likeness (QED) is 0.670. The second-order valence-electron chi connectivity index (χ2n) is 6.96. The van der Waals surface area contributed by atoms with Gasteiger partial charge in [0.25, 0.3) is 0 Å². The van der Waals surface area contributed by atoms with Crippen LogP contribution in [0.2, 0.25) is 0 Å². The van der Waals surface area contributed by atoms with Crippen LogP contribution in [0.25, 0.3) is 0 Å². The molecule has 0 radical (unpaired) electrons. The molecule has 1 unspecified atom stereocenters. The van der Waals surface area contributed by atoms with Gasteiger partial charge < -0.3 is 0 Å². The number of benzene rings is 3. The van der Waals surface area contributed by atoms with Gasteiger partial charge in [0.1, 0.15) is 5.41 Å². The molecule has 0 saturated carbocycles. The van der Waals surface area contributed by atoms with Crippen molar-refractivity contribution in [1.29, 1.82) is 5.26 Å². The minimum atomic E-state index is -1.21. The van der Waals surface area contributed by atoms with Crippen molar-refractivity contribution < 1.29 is 4.79 Å². The highest BCUT2D eigenvalue weighted by molar-refractivity contribution is 6.03. The van der Waals surface area contributed by atoms with Crippen LogP contribution in [-0.4, -0.2) is 5.78 Å². The molecule has 3 aromatic rings. The number of carbonyl (C=O) groups excluding carboxylic acids is 1. The first-order valence-corrected chi connectivity index (χ1v) is 9.03. The molecule has 0 bridgehead atoms. The van der Waals surface area contributed by atoms with E-state index in [4.69, 9.17) is 0 Å². The van der Waals surface area contributed by atoms with Gasteiger partial charge in [-0.05, 0) is 29.2 Å². The maximum atomic E-state index is 13.0. The SMILES string of the molecule is N#CC1(c2ccccc2)CC(c2ccccc2)(c2ccccc2)C=CC1=O. The lowest BCUT2D eigenvalue weighted by molar-refractivity contribution is -0.119. The number of nitriles is 1. The third-order valence-electron chi connectivity index (χ3n) is 5.52. The van der Waals surface area contributed by atoms with Crippen molar-refractivity contribution in [1.82, 2.24) is 0 Å². The minimum Gasteiger partial charge on any atom is -0.293 e. The molecule has 1 aliphatic rings. The van der Waals surface area contributed by atoms with Crippen LogP contribution in [0.1, 0.15) is 23.1 Å². The summed E-state index contributed by atoms with van der Waals surface area (Å²) < 4.78 is 0. The first-order valence-electron chi connectivity index (χ1n) is 9.03. The zero-order valence-electron chi connectivity index (χ0n) is 14.9. The molecular formula is C25H19NO. The third-order valence-corrected chi connectivity index (χ3v) is 5.52. The number of hydrogen-bond donors (Lipinski definition) is 0. The van der Waals surface area contributed by atoms with Gasteiger partial charge in [-0.2, -0.15) is 5.26 Å². The molecule has 27 heavy (non-hydrogen) atoms. The normalized spacial score (nSPS) is 20.8. The lowest BCUT2D eigenvalue weighted by atomic mass is 9.58. The fraction of sp³-hybridized carbons (Fsp3) is 0.120. The molecule has 3 aromatic carbocycles. The predicted molar refractivity (Wildman–Crippen MR) is 106 cm³/mol. The molecule has 0 spiro atoms. The Balaban J connectivity index is 1.98. The van der Waals surface area contributed by atoms with Crippen LogP contribution in [0.5, 0.6) is 0 Å².